The van der Waals surface area contributed by atoms with Gasteiger partial charge in [0.25, 0.3) is 0 Å². The van der Waals surface area contributed by atoms with Gasteiger partial charge in [-0.15, -0.1) is 0 Å². The van der Waals surface area contributed by atoms with Crippen LogP contribution in [0.15, 0.2) is 59.1 Å². The molecule has 0 aliphatic rings. The Hall–Kier alpha value is -2.20. The lowest BCUT2D eigenvalue weighted by Crippen LogP contribution is -1.97. The van der Waals surface area contributed by atoms with Crippen molar-refractivity contribution in [1.82, 2.24) is 14.8 Å². The van der Waals surface area contributed by atoms with Gasteiger partial charge >= 0.3 is 0 Å². The van der Waals surface area contributed by atoms with Crippen LogP contribution in [0.4, 0.5) is 0 Å². The smallest absolute Gasteiger partial charge is 0.163 e. The van der Waals surface area contributed by atoms with Crippen molar-refractivity contribution >= 4 is 37.9 Å². The Kier molecular flexibility index (Phi) is 2.79. The van der Waals surface area contributed by atoms with Gasteiger partial charge in [0.05, 0.1) is 16.9 Å². The molecule has 0 saturated heterocycles. The highest BCUT2D eigenvalue weighted by Gasteiger charge is 2.11. The van der Waals surface area contributed by atoms with Gasteiger partial charge in [0.15, 0.2) is 5.65 Å². The van der Waals surface area contributed by atoms with E-state index < -0.39 is 0 Å². The molecule has 0 bridgehead atoms. The highest BCUT2D eigenvalue weighted by Crippen LogP contribution is 2.25. The lowest BCUT2D eigenvalue weighted by Gasteiger charge is -2.04. The molecule has 0 saturated carbocycles. The first kappa shape index (κ1) is 12.5. The molecule has 2 aromatic carbocycles. The SMILES string of the molecule is Cc1nn(-c2ccc(Br)cc2)c2nc3ccccc3cc12. The van der Waals surface area contributed by atoms with Crippen LogP contribution in [-0.2, 0) is 0 Å². The van der Waals surface area contributed by atoms with Crippen molar-refractivity contribution in [1.29, 1.82) is 0 Å². The molecule has 0 aliphatic carbocycles. The summed E-state index contributed by atoms with van der Waals surface area (Å²) in [7, 11) is 0. The molecule has 0 unspecified atom stereocenters. The molecule has 0 radical (unpaired) electrons. The molecule has 4 aromatic rings. The largest absolute Gasteiger partial charge is 0.228 e. The van der Waals surface area contributed by atoms with Crippen molar-refractivity contribution in [3.05, 3.63) is 64.8 Å². The Morgan fingerprint density at radius 2 is 1.76 bits per heavy atom. The zero-order valence-corrected chi connectivity index (χ0v) is 13.0. The summed E-state index contributed by atoms with van der Waals surface area (Å²) in [5.74, 6) is 0. The van der Waals surface area contributed by atoms with E-state index in [1.807, 2.05) is 54.1 Å². The maximum Gasteiger partial charge on any atom is 0.163 e. The van der Waals surface area contributed by atoms with Gasteiger partial charge in [-0.05, 0) is 43.3 Å². The van der Waals surface area contributed by atoms with Gasteiger partial charge in [0.1, 0.15) is 0 Å². The molecule has 4 heteroatoms. The number of nitrogens with zero attached hydrogens (tertiary/aromatic N) is 3. The zero-order valence-electron chi connectivity index (χ0n) is 11.4. The molecule has 102 valence electrons. The Bertz CT molecular complexity index is 955. The molecule has 0 aliphatic heterocycles. The average molecular weight is 338 g/mol. The standard InChI is InChI=1S/C17H12BrN3/c1-11-15-10-12-4-2-3-5-16(12)19-17(15)21(20-11)14-8-6-13(18)7-9-14/h2-10H,1H3. The summed E-state index contributed by atoms with van der Waals surface area (Å²) in [6.45, 7) is 2.02. The number of hydrogen-bond donors (Lipinski definition) is 0. The molecule has 2 aromatic heterocycles. The summed E-state index contributed by atoms with van der Waals surface area (Å²) in [6, 6.07) is 18.4. The lowest BCUT2D eigenvalue weighted by atomic mass is 10.1. The highest BCUT2D eigenvalue weighted by atomic mass is 79.9. The first-order chi connectivity index (χ1) is 10.2. The Labute approximate surface area is 130 Å². The van der Waals surface area contributed by atoms with E-state index in [1.165, 1.54) is 0 Å². The van der Waals surface area contributed by atoms with Gasteiger partial charge in [0.2, 0.25) is 0 Å². The van der Waals surface area contributed by atoms with Crippen LogP contribution in [-0.4, -0.2) is 14.8 Å². The van der Waals surface area contributed by atoms with E-state index in [1.54, 1.807) is 0 Å². The molecule has 2 heterocycles. The van der Waals surface area contributed by atoms with E-state index in [0.717, 1.165) is 37.8 Å². The maximum atomic E-state index is 4.79. The number of aromatic nitrogens is 3. The summed E-state index contributed by atoms with van der Waals surface area (Å²) < 4.78 is 2.96. The molecule has 0 spiro atoms. The predicted octanol–water partition coefficient (Wildman–Crippen LogP) is 4.64. The number of pyridine rings is 1. The first-order valence-corrected chi connectivity index (χ1v) is 7.53. The Morgan fingerprint density at radius 1 is 1.00 bits per heavy atom. The minimum atomic E-state index is 0.897. The van der Waals surface area contributed by atoms with Crippen LogP contribution in [0.3, 0.4) is 0 Å². The molecule has 4 rings (SSSR count). The topological polar surface area (TPSA) is 30.7 Å². The maximum absolute atomic E-state index is 4.79. The van der Waals surface area contributed by atoms with Crippen LogP contribution in [0.1, 0.15) is 5.69 Å². The van der Waals surface area contributed by atoms with Gasteiger partial charge < -0.3 is 0 Å². The number of hydrogen-bond acceptors (Lipinski definition) is 2. The summed E-state index contributed by atoms with van der Waals surface area (Å²) in [4.78, 5) is 4.79. The third-order valence-electron chi connectivity index (χ3n) is 3.62. The number of para-hydroxylation sites is 1. The Balaban J connectivity index is 2.05. The fourth-order valence-corrected chi connectivity index (χ4v) is 2.81. The third kappa shape index (κ3) is 2.03. The summed E-state index contributed by atoms with van der Waals surface area (Å²) in [5, 5.41) is 6.89. The summed E-state index contributed by atoms with van der Waals surface area (Å²) in [6.07, 6.45) is 0. The molecular weight excluding hydrogens is 326 g/mol. The quantitative estimate of drug-likeness (QED) is 0.506. The minimum Gasteiger partial charge on any atom is -0.228 e. The predicted molar refractivity (Wildman–Crippen MR) is 88.8 cm³/mol. The van der Waals surface area contributed by atoms with Crippen molar-refractivity contribution in [3.63, 3.8) is 0 Å². The lowest BCUT2D eigenvalue weighted by molar-refractivity contribution is 0.879. The van der Waals surface area contributed by atoms with Crippen molar-refractivity contribution < 1.29 is 0 Å². The zero-order chi connectivity index (χ0) is 14.4. The van der Waals surface area contributed by atoms with E-state index in [-0.39, 0.29) is 0 Å². The van der Waals surface area contributed by atoms with E-state index in [9.17, 15) is 0 Å². The summed E-state index contributed by atoms with van der Waals surface area (Å²) in [5.41, 5.74) is 3.89. The average Bonchev–Trinajstić information content (AvgIpc) is 2.83. The van der Waals surface area contributed by atoms with Crippen LogP contribution in [0.25, 0.3) is 27.6 Å². The normalized spacial score (nSPS) is 11.3. The molecule has 0 amide bonds. The van der Waals surface area contributed by atoms with E-state index >= 15 is 0 Å². The van der Waals surface area contributed by atoms with Crippen molar-refractivity contribution in [2.45, 2.75) is 6.92 Å². The number of rotatable bonds is 1. The number of fused-ring (bicyclic) bond motifs is 2. The fourth-order valence-electron chi connectivity index (χ4n) is 2.55. The third-order valence-corrected chi connectivity index (χ3v) is 4.14. The van der Waals surface area contributed by atoms with E-state index in [2.05, 4.69) is 33.2 Å². The second-order valence-electron chi connectivity index (χ2n) is 5.03. The molecule has 0 N–H and O–H groups in total. The molecule has 0 atom stereocenters. The van der Waals surface area contributed by atoms with Crippen molar-refractivity contribution in [2.24, 2.45) is 0 Å². The molecule has 0 fully saturated rings. The number of benzene rings is 2. The monoisotopic (exact) mass is 337 g/mol. The number of halogens is 1. The van der Waals surface area contributed by atoms with Gasteiger partial charge in [-0.3, -0.25) is 0 Å². The van der Waals surface area contributed by atoms with Crippen LogP contribution >= 0.6 is 15.9 Å². The van der Waals surface area contributed by atoms with Crippen LogP contribution < -0.4 is 0 Å². The fraction of sp³-hybridized carbons (Fsp3) is 0.0588. The second kappa shape index (κ2) is 4.67. The first-order valence-electron chi connectivity index (χ1n) is 6.73. The van der Waals surface area contributed by atoms with Crippen molar-refractivity contribution in [3.8, 4) is 5.69 Å². The minimum absolute atomic E-state index is 0.897. The van der Waals surface area contributed by atoms with Crippen molar-refractivity contribution in [2.75, 3.05) is 0 Å². The van der Waals surface area contributed by atoms with E-state index in [4.69, 9.17) is 4.98 Å². The second-order valence-corrected chi connectivity index (χ2v) is 5.94. The number of aryl methyl sites for hydroxylation is 1. The van der Waals surface area contributed by atoms with Crippen LogP contribution in [0.5, 0.6) is 0 Å². The van der Waals surface area contributed by atoms with E-state index in [0.29, 0.717) is 0 Å². The van der Waals surface area contributed by atoms with Gasteiger partial charge in [-0.2, -0.15) is 5.10 Å². The van der Waals surface area contributed by atoms with Crippen LogP contribution in [0.2, 0.25) is 0 Å². The highest BCUT2D eigenvalue weighted by molar-refractivity contribution is 9.10. The van der Waals surface area contributed by atoms with Gasteiger partial charge in [0, 0.05) is 15.2 Å². The van der Waals surface area contributed by atoms with Gasteiger partial charge in [-0.1, -0.05) is 34.1 Å². The Morgan fingerprint density at radius 3 is 2.57 bits per heavy atom. The summed E-state index contributed by atoms with van der Waals surface area (Å²) >= 11 is 3.46. The van der Waals surface area contributed by atoms with Crippen LogP contribution in [0, 0.1) is 6.92 Å². The van der Waals surface area contributed by atoms with Gasteiger partial charge in [-0.25, -0.2) is 9.67 Å². The molecular formula is C17H12BrN3. The molecule has 3 nitrogen and oxygen atoms in total. The molecule has 21 heavy (non-hydrogen) atoms.